The van der Waals surface area contributed by atoms with Crippen molar-refractivity contribution in [2.75, 3.05) is 0 Å². The molecule has 4 rings (SSSR count). The van der Waals surface area contributed by atoms with Gasteiger partial charge < -0.3 is 24.8 Å². The molecule has 0 N–H and O–H groups in total. The van der Waals surface area contributed by atoms with Crippen LogP contribution in [-0.4, -0.2) is 16.1 Å². The fourth-order valence-corrected chi connectivity index (χ4v) is 13.2. The van der Waals surface area contributed by atoms with E-state index in [-0.39, 0.29) is 24.8 Å². The number of fused-ring (bicyclic) bond motifs is 3. The number of hydrogen-bond acceptors (Lipinski definition) is 0. The van der Waals surface area contributed by atoms with E-state index in [9.17, 15) is 0 Å². The summed E-state index contributed by atoms with van der Waals surface area (Å²) in [6.07, 6.45) is 9.38. The molecule has 0 saturated carbocycles. The summed E-state index contributed by atoms with van der Waals surface area (Å²) in [4.78, 5) is 0. The molecule has 0 atom stereocenters. The van der Waals surface area contributed by atoms with Crippen LogP contribution in [0.25, 0.3) is 11.1 Å². The summed E-state index contributed by atoms with van der Waals surface area (Å²) in [6, 6.07) is 12.3. The first kappa shape index (κ1) is 25.1. The van der Waals surface area contributed by atoms with Crippen molar-refractivity contribution in [1.82, 2.24) is 0 Å². The molecule has 152 valence electrons. The van der Waals surface area contributed by atoms with Gasteiger partial charge in [0.25, 0.3) is 0 Å². The maximum absolute atomic E-state index is 2.54. The van der Waals surface area contributed by atoms with Crippen molar-refractivity contribution >= 4 is 29.8 Å². The Morgan fingerprint density at radius 2 is 1.52 bits per heavy atom. The Morgan fingerprint density at radius 3 is 2.10 bits per heavy atom. The van der Waals surface area contributed by atoms with E-state index in [2.05, 4.69) is 87.8 Å². The molecular weight excluding hydrogens is 507 g/mol. The minimum absolute atomic E-state index is 0. The monoisotopic (exact) mass is 534 g/mol. The molecule has 0 nitrogen and oxygen atoms in total. The van der Waals surface area contributed by atoms with Gasteiger partial charge in [-0.2, -0.15) is 0 Å². The van der Waals surface area contributed by atoms with E-state index in [1.165, 1.54) is 17.5 Å². The third kappa shape index (κ3) is 5.01. The van der Waals surface area contributed by atoms with Gasteiger partial charge in [-0.1, -0.05) is 0 Å². The van der Waals surface area contributed by atoms with Crippen molar-refractivity contribution in [3.8, 4) is 11.1 Å². The second-order valence-electron chi connectivity index (χ2n) is 10.0. The van der Waals surface area contributed by atoms with Crippen LogP contribution in [0.3, 0.4) is 0 Å². The van der Waals surface area contributed by atoms with Crippen molar-refractivity contribution in [3.05, 3.63) is 63.0 Å². The molecule has 0 saturated heterocycles. The molecule has 0 fully saturated rings. The fraction of sp³-hybridized carbons (Fsp3) is 0.333. The van der Waals surface area contributed by atoms with E-state index in [1.807, 2.05) is 3.27 Å². The van der Waals surface area contributed by atoms with Gasteiger partial charge in [0, 0.05) is 0 Å². The van der Waals surface area contributed by atoms with Gasteiger partial charge in [-0.05, 0) is 0 Å². The normalized spacial score (nSPS) is 14.3. The van der Waals surface area contributed by atoms with Crippen molar-refractivity contribution in [3.63, 3.8) is 0 Å². The van der Waals surface area contributed by atoms with Gasteiger partial charge in [-0.15, -0.1) is 0 Å². The van der Waals surface area contributed by atoms with Crippen LogP contribution in [0.15, 0.2) is 51.8 Å². The average molecular weight is 537 g/mol. The largest absolute Gasteiger partial charge is 1.00 e. The second kappa shape index (κ2) is 9.13. The molecule has 0 heterocycles. The first-order chi connectivity index (χ1) is 12.6. The quantitative estimate of drug-likeness (QED) is 0.372. The zero-order valence-corrected chi connectivity index (χ0v) is 24.3. The molecule has 5 heteroatoms. The minimum atomic E-state index is -1.34. The summed E-state index contributed by atoms with van der Waals surface area (Å²) < 4.78 is 3.56. The zero-order chi connectivity index (χ0) is 19.4. The minimum Gasteiger partial charge on any atom is -1.00 e. The number of rotatable bonds is 4. The summed E-state index contributed by atoms with van der Waals surface area (Å²) in [5, 5.41) is 3.34. The van der Waals surface area contributed by atoms with Crippen molar-refractivity contribution in [1.29, 1.82) is 0 Å². The van der Waals surface area contributed by atoms with E-state index in [0.29, 0.717) is 0 Å². The molecule has 29 heavy (non-hydrogen) atoms. The zero-order valence-electron chi connectivity index (χ0n) is 18.3. The number of allylic oxidation sites excluding steroid dienone is 4. The molecule has 0 amide bonds. The molecular formula is C24H30Cl2Si2Zr. The Balaban J connectivity index is 0.00000150. The van der Waals surface area contributed by atoms with Crippen LogP contribution in [0.2, 0.25) is 39.3 Å². The Bertz CT molecular complexity index is 980. The molecule has 2 aromatic carbocycles. The standard InChI is InChI=1S/C19H25Si2.C5H5.2ClH.Zr/c1-20(2,3)16-7-9-18-14(12-16)11-15-13-17(21(4,5)6)8-10-19(15)18;1-2-4-5-3-1;;;/h7-10,12H,11H2,1-6H3;1-3H,4H2;2*1H;/q;;;;+2/p-2. The van der Waals surface area contributed by atoms with Crippen LogP contribution in [0.4, 0.5) is 0 Å². The molecule has 0 unspecified atom stereocenters. The summed E-state index contributed by atoms with van der Waals surface area (Å²) in [7, 11) is -2.60. The molecule has 0 aromatic heterocycles. The second-order valence-corrected chi connectivity index (χ2v) is 23.6. The van der Waals surface area contributed by atoms with Crippen LogP contribution >= 0.6 is 0 Å². The van der Waals surface area contributed by atoms with Gasteiger partial charge in [0.15, 0.2) is 0 Å². The third-order valence-electron chi connectivity index (χ3n) is 5.81. The van der Waals surface area contributed by atoms with Gasteiger partial charge in [0.05, 0.1) is 0 Å². The maximum atomic E-state index is 2.54. The predicted molar refractivity (Wildman–Crippen MR) is 122 cm³/mol. The van der Waals surface area contributed by atoms with E-state index in [1.54, 1.807) is 24.8 Å². The molecule has 2 aromatic rings. The predicted octanol–water partition coefficient (Wildman–Crippen LogP) is -1.09. The molecule has 0 spiro atoms. The van der Waals surface area contributed by atoms with Gasteiger partial charge in [-0.25, -0.2) is 0 Å². The average Bonchev–Trinajstić information content (AvgIpc) is 3.20. The molecule has 2 aliphatic rings. The maximum Gasteiger partial charge on any atom is -1.00 e. The number of halogens is 2. The van der Waals surface area contributed by atoms with Crippen LogP contribution in [0.1, 0.15) is 17.5 Å². The fourth-order valence-electron chi connectivity index (χ4n) is 4.21. The van der Waals surface area contributed by atoms with Gasteiger partial charge in [-0.3, -0.25) is 0 Å². The van der Waals surface area contributed by atoms with Crippen LogP contribution < -0.4 is 38.5 Å². The number of hydrogen-bond donors (Lipinski definition) is 0. The van der Waals surface area contributed by atoms with Crippen molar-refractivity contribution in [2.45, 2.75) is 52.1 Å². The smallest absolute Gasteiger partial charge is 1.00 e. The van der Waals surface area contributed by atoms with Crippen LogP contribution in [0.5, 0.6) is 0 Å². The first-order valence-electron chi connectivity index (χ1n) is 10.1. The molecule has 2 aliphatic carbocycles. The Hall–Kier alpha value is -0.183. The summed E-state index contributed by atoms with van der Waals surface area (Å²) in [5.74, 6) is 0. The van der Waals surface area contributed by atoms with Crippen molar-refractivity contribution < 1.29 is 48.0 Å². The number of benzene rings is 2. The Morgan fingerprint density at radius 1 is 0.828 bits per heavy atom. The third-order valence-corrected chi connectivity index (χ3v) is 14.2. The molecule has 0 radical (unpaired) electrons. The van der Waals surface area contributed by atoms with Gasteiger partial charge in [0.2, 0.25) is 0 Å². The molecule has 0 bridgehead atoms. The van der Waals surface area contributed by atoms with Gasteiger partial charge in [0.1, 0.15) is 0 Å². The van der Waals surface area contributed by atoms with E-state index in [4.69, 9.17) is 0 Å². The first-order valence-corrected chi connectivity index (χ1v) is 19.5. The summed E-state index contributed by atoms with van der Waals surface area (Å²) in [6.45, 7) is 14.9. The SMILES string of the molecule is C[Si](C)(C)c1ccc2c(c1)Cc1c-2ccc([Si](C)(C)C)[c]1[Zr+2][C]1=CC=CC1.[Cl-].[Cl-]. The van der Waals surface area contributed by atoms with E-state index < -0.39 is 39.4 Å². The topological polar surface area (TPSA) is 0 Å². The van der Waals surface area contributed by atoms with Gasteiger partial charge >= 0.3 is 179 Å². The van der Waals surface area contributed by atoms with Crippen LogP contribution in [-0.2, 0) is 29.7 Å². The van der Waals surface area contributed by atoms with E-state index in [0.717, 1.165) is 6.42 Å². The van der Waals surface area contributed by atoms with Crippen molar-refractivity contribution in [2.24, 2.45) is 0 Å². The summed E-state index contributed by atoms with van der Waals surface area (Å²) in [5.41, 5.74) is 6.32. The Labute approximate surface area is 202 Å². The Kier molecular flexibility index (Phi) is 7.89. The summed E-state index contributed by atoms with van der Waals surface area (Å²) >= 11 is -0.712. The van der Waals surface area contributed by atoms with Crippen LogP contribution in [0, 0.1) is 0 Å². The van der Waals surface area contributed by atoms with E-state index >= 15 is 0 Å². The molecule has 0 aliphatic heterocycles.